The molecule has 4 heterocycles. The summed E-state index contributed by atoms with van der Waals surface area (Å²) in [6.45, 7) is 12.5. The number of rotatable bonds is 4. The summed E-state index contributed by atoms with van der Waals surface area (Å²) in [6, 6.07) is 6.27. The van der Waals surface area contributed by atoms with Gasteiger partial charge in [0, 0.05) is 43.4 Å². The third kappa shape index (κ3) is 4.39. The lowest BCUT2D eigenvalue weighted by atomic mass is 9.96. The van der Waals surface area contributed by atoms with E-state index in [-0.39, 0.29) is 24.0 Å². The molecule has 0 spiro atoms. The van der Waals surface area contributed by atoms with Crippen LogP contribution in [0.4, 0.5) is 15.9 Å². The Morgan fingerprint density at radius 1 is 1.12 bits per heavy atom. The minimum absolute atomic E-state index is 0.0450. The Kier molecular flexibility index (Phi) is 6.02. The summed E-state index contributed by atoms with van der Waals surface area (Å²) in [5.74, 6) is 0.356. The predicted molar refractivity (Wildman–Crippen MR) is 131 cm³/mol. The summed E-state index contributed by atoms with van der Waals surface area (Å²) in [5, 5.41) is 5.05. The second kappa shape index (κ2) is 8.73. The quantitative estimate of drug-likeness (QED) is 0.737. The number of nitrogens with zero attached hydrogens (tertiary/aromatic N) is 3. The van der Waals surface area contributed by atoms with Crippen LogP contribution >= 0.6 is 0 Å². The van der Waals surface area contributed by atoms with Gasteiger partial charge in [-0.1, -0.05) is 0 Å². The summed E-state index contributed by atoms with van der Waals surface area (Å²) in [5.41, 5.74) is 1.57. The first kappa shape index (κ1) is 23.5. The van der Waals surface area contributed by atoms with Crippen LogP contribution in [0.25, 0.3) is 10.8 Å². The molecule has 0 aliphatic carbocycles. The Morgan fingerprint density at radius 2 is 1.88 bits per heavy atom. The predicted octanol–water partition coefficient (Wildman–Crippen LogP) is 3.55. The molecule has 3 atom stereocenters. The Hall–Kier alpha value is -2.29. The molecule has 3 aliphatic rings. The molecule has 2 aromatic rings. The van der Waals surface area contributed by atoms with Crippen LogP contribution in [-0.4, -0.2) is 79.1 Å². The number of amides is 1. The van der Waals surface area contributed by atoms with Gasteiger partial charge in [0.15, 0.2) is 0 Å². The molecular formula is C26H35FN4O3. The number of ether oxygens (including phenoxy) is 2. The van der Waals surface area contributed by atoms with Gasteiger partial charge < -0.3 is 19.7 Å². The SMILES string of the molecule is Cc1cc2cnc(NC(=O)[C@H]3COC(C)(C)C3)cc2cc1N1CCN([C@@]2(C)COC[C@H]2F)CC1. The molecule has 34 heavy (non-hydrogen) atoms. The normalized spacial score (nSPS) is 29.6. The van der Waals surface area contributed by atoms with Gasteiger partial charge in [-0.15, -0.1) is 0 Å². The van der Waals surface area contributed by atoms with Crippen molar-refractivity contribution < 1.29 is 18.7 Å². The first-order valence-corrected chi connectivity index (χ1v) is 12.2. The highest BCUT2D eigenvalue weighted by molar-refractivity contribution is 5.95. The van der Waals surface area contributed by atoms with E-state index in [0.29, 0.717) is 25.5 Å². The van der Waals surface area contributed by atoms with Crippen LogP contribution in [0.5, 0.6) is 0 Å². The average Bonchev–Trinajstić information content (AvgIpc) is 3.35. The van der Waals surface area contributed by atoms with Gasteiger partial charge in [-0.05, 0) is 63.3 Å². The second-order valence-electron chi connectivity index (χ2n) is 10.8. The van der Waals surface area contributed by atoms with E-state index in [1.807, 2.05) is 33.0 Å². The van der Waals surface area contributed by atoms with Gasteiger partial charge in [0.25, 0.3) is 0 Å². The number of carbonyl (C=O) groups is 1. The van der Waals surface area contributed by atoms with Crippen LogP contribution in [0.1, 0.15) is 32.8 Å². The zero-order valence-corrected chi connectivity index (χ0v) is 20.6. The zero-order valence-electron chi connectivity index (χ0n) is 20.6. The van der Waals surface area contributed by atoms with Crippen LogP contribution in [-0.2, 0) is 14.3 Å². The number of halogens is 1. The van der Waals surface area contributed by atoms with Crippen molar-refractivity contribution in [3.8, 4) is 0 Å². The highest BCUT2D eigenvalue weighted by Crippen LogP contribution is 2.33. The lowest BCUT2D eigenvalue weighted by Crippen LogP contribution is -2.59. The molecule has 1 N–H and O–H groups in total. The highest BCUT2D eigenvalue weighted by Gasteiger charge is 2.46. The molecule has 3 saturated heterocycles. The number of carbonyl (C=O) groups excluding carboxylic acids is 1. The Morgan fingerprint density at radius 3 is 2.53 bits per heavy atom. The number of piperazine rings is 1. The Labute approximate surface area is 200 Å². The fourth-order valence-corrected chi connectivity index (χ4v) is 5.53. The van der Waals surface area contributed by atoms with Crippen LogP contribution in [0, 0.1) is 12.8 Å². The number of aromatic nitrogens is 1. The van der Waals surface area contributed by atoms with Crippen molar-refractivity contribution in [2.75, 3.05) is 56.2 Å². The van der Waals surface area contributed by atoms with E-state index >= 15 is 0 Å². The smallest absolute Gasteiger partial charge is 0.231 e. The molecule has 5 rings (SSSR count). The van der Waals surface area contributed by atoms with Crippen molar-refractivity contribution in [1.29, 1.82) is 0 Å². The van der Waals surface area contributed by atoms with E-state index in [1.165, 1.54) is 11.3 Å². The molecule has 8 heteroatoms. The topological polar surface area (TPSA) is 66.9 Å². The van der Waals surface area contributed by atoms with Gasteiger partial charge in [0.05, 0.1) is 36.9 Å². The summed E-state index contributed by atoms with van der Waals surface area (Å²) >= 11 is 0. The van der Waals surface area contributed by atoms with Gasteiger partial charge in [-0.2, -0.15) is 0 Å². The number of benzene rings is 1. The van der Waals surface area contributed by atoms with Crippen molar-refractivity contribution in [1.82, 2.24) is 9.88 Å². The average molecular weight is 471 g/mol. The lowest BCUT2D eigenvalue weighted by Gasteiger charge is -2.45. The van der Waals surface area contributed by atoms with E-state index in [9.17, 15) is 9.18 Å². The number of aryl methyl sites for hydroxylation is 1. The molecule has 184 valence electrons. The summed E-state index contributed by atoms with van der Waals surface area (Å²) < 4.78 is 25.6. The molecule has 0 unspecified atom stereocenters. The largest absolute Gasteiger partial charge is 0.376 e. The zero-order chi connectivity index (χ0) is 24.1. The molecular weight excluding hydrogens is 435 g/mol. The van der Waals surface area contributed by atoms with E-state index < -0.39 is 11.7 Å². The fourth-order valence-electron chi connectivity index (χ4n) is 5.53. The van der Waals surface area contributed by atoms with Crippen molar-refractivity contribution in [2.45, 2.75) is 51.4 Å². The maximum absolute atomic E-state index is 14.5. The molecule has 7 nitrogen and oxygen atoms in total. The van der Waals surface area contributed by atoms with Gasteiger partial charge >= 0.3 is 0 Å². The molecule has 1 amide bonds. The standard InChI is InChI=1S/C26H35FN4O3/c1-17-9-19-13-28-23(29-24(32)20-12-25(2,3)34-14-20)11-18(19)10-21(17)30-5-7-31(8-6-30)26(4)16-33-15-22(26)27/h9-11,13,20,22H,5-8,12,14-16H2,1-4H3,(H,28,29,32)/t20-,22-,26+/m1/s1. The summed E-state index contributed by atoms with van der Waals surface area (Å²) in [6.07, 6.45) is 1.58. The highest BCUT2D eigenvalue weighted by atomic mass is 19.1. The van der Waals surface area contributed by atoms with Gasteiger partial charge in [-0.3, -0.25) is 9.69 Å². The lowest BCUT2D eigenvalue weighted by molar-refractivity contribution is -0.119. The van der Waals surface area contributed by atoms with E-state index in [2.05, 4.69) is 39.2 Å². The van der Waals surface area contributed by atoms with Crippen molar-refractivity contribution in [2.24, 2.45) is 5.92 Å². The molecule has 1 aromatic heterocycles. The maximum atomic E-state index is 14.5. The summed E-state index contributed by atoms with van der Waals surface area (Å²) in [7, 11) is 0. The van der Waals surface area contributed by atoms with Crippen molar-refractivity contribution in [3.63, 3.8) is 0 Å². The van der Waals surface area contributed by atoms with Crippen LogP contribution < -0.4 is 10.2 Å². The van der Waals surface area contributed by atoms with Crippen LogP contribution in [0.3, 0.4) is 0 Å². The first-order chi connectivity index (χ1) is 16.1. The second-order valence-corrected chi connectivity index (χ2v) is 10.8. The van der Waals surface area contributed by atoms with Gasteiger partial charge in [0.2, 0.25) is 5.91 Å². The number of hydrogen-bond acceptors (Lipinski definition) is 6. The maximum Gasteiger partial charge on any atom is 0.231 e. The third-order valence-corrected chi connectivity index (χ3v) is 7.75. The number of fused-ring (bicyclic) bond motifs is 1. The molecule has 0 radical (unpaired) electrons. The minimum atomic E-state index is -0.940. The van der Waals surface area contributed by atoms with Crippen molar-refractivity contribution in [3.05, 3.63) is 30.0 Å². The van der Waals surface area contributed by atoms with Gasteiger partial charge in [0.1, 0.15) is 12.0 Å². The number of alkyl halides is 1. The molecule has 0 bridgehead atoms. The van der Waals surface area contributed by atoms with Crippen molar-refractivity contribution >= 4 is 28.2 Å². The van der Waals surface area contributed by atoms with E-state index in [0.717, 1.165) is 37.0 Å². The molecule has 3 aliphatic heterocycles. The number of pyridine rings is 1. The van der Waals surface area contributed by atoms with Crippen LogP contribution in [0.15, 0.2) is 24.4 Å². The fraction of sp³-hybridized carbons (Fsp3) is 0.615. The van der Waals surface area contributed by atoms with E-state index in [4.69, 9.17) is 9.47 Å². The number of hydrogen-bond donors (Lipinski definition) is 1. The monoisotopic (exact) mass is 470 g/mol. The molecule has 1 aromatic carbocycles. The van der Waals surface area contributed by atoms with E-state index in [1.54, 1.807) is 0 Å². The first-order valence-electron chi connectivity index (χ1n) is 12.2. The minimum Gasteiger partial charge on any atom is -0.376 e. The Bertz CT molecular complexity index is 1090. The van der Waals surface area contributed by atoms with Gasteiger partial charge in [-0.25, -0.2) is 9.37 Å². The molecule has 3 fully saturated rings. The number of anilines is 2. The van der Waals surface area contributed by atoms with Crippen LogP contribution in [0.2, 0.25) is 0 Å². The third-order valence-electron chi connectivity index (χ3n) is 7.75. The molecule has 0 saturated carbocycles. The summed E-state index contributed by atoms with van der Waals surface area (Å²) in [4.78, 5) is 21.8. The Balaban J connectivity index is 1.30. The number of nitrogens with one attached hydrogen (secondary N) is 1.